The highest BCUT2D eigenvalue weighted by Crippen LogP contribution is 2.27. The lowest BCUT2D eigenvalue weighted by atomic mass is 10.0. The molecule has 0 spiro atoms. The summed E-state index contributed by atoms with van der Waals surface area (Å²) in [5, 5.41) is 13.3. The van der Waals surface area contributed by atoms with Crippen LogP contribution in [0.2, 0.25) is 0 Å². The Morgan fingerprint density at radius 3 is 2.44 bits per heavy atom. The van der Waals surface area contributed by atoms with Crippen molar-refractivity contribution in [2.24, 2.45) is 0 Å². The number of anilines is 2. The van der Waals surface area contributed by atoms with Gasteiger partial charge in [-0.25, -0.2) is 19.3 Å². The van der Waals surface area contributed by atoms with Crippen molar-refractivity contribution in [3.8, 4) is 11.4 Å². The second kappa shape index (κ2) is 7.08. The van der Waals surface area contributed by atoms with Crippen LogP contribution in [-0.2, 0) is 5.60 Å². The second-order valence-electron chi connectivity index (χ2n) is 7.43. The van der Waals surface area contributed by atoms with Crippen LogP contribution in [0, 0.1) is 12.7 Å². The van der Waals surface area contributed by atoms with Gasteiger partial charge in [-0.1, -0.05) is 13.8 Å². The molecule has 142 valence electrons. The van der Waals surface area contributed by atoms with E-state index < -0.39 is 11.4 Å². The van der Waals surface area contributed by atoms with Crippen LogP contribution >= 0.6 is 0 Å². The van der Waals surface area contributed by atoms with E-state index >= 15 is 0 Å². The predicted molar refractivity (Wildman–Crippen MR) is 103 cm³/mol. The van der Waals surface area contributed by atoms with Crippen molar-refractivity contribution < 1.29 is 9.50 Å². The molecular weight excluding hydrogens is 345 g/mol. The highest BCUT2D eigenvalue weighted by Gasteiger charge is 2.21. The fourth-order valence-electron chi connectivity index (χ4n) is 2.60. The number of benzene rings is 1. The molecule has 0 amide bonds. The van der Waals surface area contributed by atoms with Crippen LogP contribution in [0.4, 0.5) is 16.0 Å². The molecule has 27 heavy (non-hydrogen) atoms. The minimum absolute atomic E-state index is 0.163. The van der Waals surface area contributed by atoms with E-state index in [1.165, 1.54) is 6.07 Å². The molecule has 3 N–H and O–H groups in total. The third kappa shape index (κ3) is 4.31. The lowest BCUT2D eigenvalue weighted by Crippen LogP contribution is -2.19. The zero-order chi connectivity index (χ0) is 19.8. The fourth-order valence-corrected chi connectivity index (χ4v) is 2.60. The summed E-state index contributed by atoms with van der Waals surface area (Å²) in [5.41, 5.74) is 1.91. The van der Waals surface area contributed by atoms with Crippen LogP contribution in [0.3, 0.4) is 0 Å². The molecule has 0 atom stereocenters. The summed E-state index contributed by atoms with van der Waals surface area (Å²) in [7, 11) is 0. The minimum atomic E-state index is -1.10. The van der Waals surface area contributed by atoms with Gasteiger partial charge < -0.3 is 15.4 Å². The molecule has 0 aliphatic carbocycles. The summed E-state index contributed by atoms with van der Waals surface area (Å²) in [4.78, 5) is 16.1. The Kier molecular flexibility index (Phi) is 4.97. The molecule has 0 aliphatic rings. The second-order valence-corrected chi connectivity index (χ2v) is 7.43. The largest absolute Gasteiger partial charge is 0.384 e. The molecule has 1 aromatic carbocycles. The summed E-state index contributed by atoms with van der Waals surface area (Å²) in [6.45, 7) is 9.21. The van der Waals surface area contributed by atoms with E-state index in [-0.39, 0.29) is 5.92 Å². The monoisotopic (exact) mass is 369 g/mol. The van der Waals surface area contributed by atoms with Gasteiger partial charge in [-0.05, 0) is 51.0 Å². The third-order valence-electron chi connectivity index (χ3n) is 4.15. The van der Waals surface area contributed by atoms with E-state index in [0.29, 0.717) is 28.7 Å². The van der Waals surface area contributed by atoms with Crippen LogP contribution in [0.15, 0.2) is 30.5 Å². The number of aliphatic hydroxyl groups is 1. The first-order valence-corrected chi connectivity index (χ1v) is 8.84. The van der Waals surface area contributed by atoms with Gasteiger partial charge in [-0.2, -0.15) is 0 Å². The minimum Gasteiger partial charge on any atom is -0.384 e. The molecule has 0 unspecified atom stereocenters. The highest BCUT2D eigenvalue weighted by molar-refractivity contribution is 5.63. The van der Waals surface area contributed by atoms with E-state index in [2.05, 4.69) is 25.3 Å². The van der Waals surface area contributed by atoms with Gasteiger partial charge in [0, 0.05) is 17.6 Å². The first-order chi connectivity index (χ1) is 12.6. The number of hydrogen-bond donors (Lipinski definition) is 3. The van der Waals surface area contributed by atoms with E-state index in [0.717, 1.165) is 11.4 Å². The molecule has 0 bridgehead atoms. The number of nitrogens with one attached hydrogen (secondary N) is 2. The van der Waals surface area contributed by atoms with Crippen LogP contribution in [0.1, 0.15) is 50.7 Å². The van der Waals surface area contributed by atoms with Gasteiger partial charge in [-0.15, -0.1) is 0 Å². The van der Waals surface area contributed by atoms with Crippen molar-refractivity contribution in [1.82, 2.24) is 19.9 Å². The van der Waals surface area contributed by atoms with E-state index in [1.54, 1.807) is 38.2 Å². The first-order valence-electron chi connectivity index (χ1n) is 8.84. The standard InChI is InChI=1S/C20H24FN5O/c1-11(2)16-9-17(20(4,5)27)26-19(25-16)24-13-6-7-14(15(21)8-13)18-22-10-12(3)23-18/h6-11,27H,1-5H3,(H,22,23)(H,24,25,26). The average molecular weight is 369 g/mol. The molecular formula is C20H24FN5O. The number of rotatable bonds is 5. The molecule has 0 radical (unpaired) electrons. The summed E-state index contributed by atoms with van der Waals surface area (Å²) in [6, 6.07) is 6.56. The van der Waals surface area contributed by atoms with E-state index in [9.17, 15) is 9.50 Å². The summed E-state index contributed by atoms with van der Waals surface area (Å²) < 4.78 is 14.5. The Morgan fingerprint density at radius 2 is 1.89 bits per heavy atom. The topological polar surface area (TPSA) is 86.7 Å². The Bertz CT molecular complexity index is 959. The van der Waals surface area contributed by atoms with Gasteiger partial charge in [0.15, 0.2) is 0 Å². The zero-order valence-corrected chi connectivity index (χ0v) is 16.1. The molecule has 2 heterocycles. The molecule has 0 saturated heterocycles. The quantitative estimate of drug-likeness (QED) is 0.620. The lowest BCUT2D eigenvalue weighted by Gasteiger charge is -2.19. The van der Waals surface area contributed by atoms with Gasteiger partial charge in [0.1, 0.15) is 17.2 Å². The first kappa shape index (κ1) is 19.0. The van der Waals surface area contributed by atoms with Crippen molar-refractivity contribution in [3.63, 3.8) is 0 Å². The van der Waals surface area contributed by atoms with Crippen LogP contribution in [-0.4, -0.2) is 25.0 Å². The van der Waals surface area contributed by atoms with Crippen LogP contribution < -0.4 is 5.32 Å². The maximum absolute atomic E-state index is 14.5. The molecule has 7 heteroatoms. The van der Waals surface area contributed by atoms with E-state index in [4.69, 9.17) is 0 Å². The fraction of sp³-hybridized carbons (Fsp3) is 0.350. The number of hydrogen-bond acceptors (Lipinski definition) is 5. The van der Waals surface area contributed by atoms with Gasteiger partial charge in [0.2, 0.25) is 5.95 Å². The maximum Gasteiger partial charge on any atom is 0.227 e. The molecule has 3 rings (SSSR count). The Hall–Kier alpha value is -2.80. The SMILES string of the molecule is Cc1c[nH]c(-c2ccc(Nc3nc(C(C)C)cc(C(C)(C)O)n3)cc2F)n1. The molecule has 0 fully saturated rings. The normalized spacial score (nSPS) is 11.9. The number of imidazole rings is 1. The summed E-state index contributed by atoms with van der Waals surface area (Å²) in [5.74, 6) is 0.561. The average Bonchev–Trinajstić information content (AvgIpc) is 3.00. The predicted octanol–water partition coefficient (Wildman–Crippen LogP) is 4.41. The molecule has 0 aliphatic heterocycles. The number of aryl methyl sites for hydroxylation is 1. The molecule has 6 nitrogen and oxygen atoms in total. The van der Waals surface area contributed by atoms with Crippen molar-refractivity contribution in [1.29, 1.82) is 0 Å². The van der Waals surface area contributed by atoms with Gasteiger partial charge in [0.25, 0.3) is 0 Å². The summed E-state index contributed by atoms with van der Waals surface area (Å²) in [6.07, 6.45) is 1.73. The lowest BCUT2D eigenvalue weighted by molar-refractivity contribution is 0.0737. The number of H-pyrrole nitrogens is 1. The highest BCUT2D eigenvalue weighted by atomic mass is 19.1. The van der Waals surface area contributed by atoms with Gasteiger partial charge >= 0.3 is 0 Å². The maximum atomic E-state index is 14.5. The van der Waals surface area contributed by atoms with Crippen molar-refractivity contribution in [3.05, 3.63) is 53.4 Å². The van der Waals surface area contributed by atoms with Gasteiger partial charge in [0.05, 0.1) is 17.0 Å². The third-order valence-corrected chi connectivity index (χ3v) is 4.15. The number of aromatic amines is 1. The van der Waals surface area contributed by atoms with Crippen LogP contribution in [0.25, 0.3) is 11.4 Å². The Morgan fingerprint density at radius 1 is 1.15 bits per heavy atom. The smallest absolute Gasteiger partial charge is 0.227 e. The number of halogens is 1. The van der Waals surface area contributed by atoms with Crippen LogP contribution in [0.5, 0.6) is 0 Å². The van der Waals surface area contributed by atoms with Crippen molar-refractivity contribution in [2.45, 2.75) is 46.1 Å². The zero-order valence-electron chi connectivity index (χ0n) is 16.1. The van der Waals surface area contributed by atoms with Gasteiger partial charge in [-0.3, -0.25) is 0 Å². The molecule has 3 aromatic rings. The number of aromatic nitrogens is 4. The Balaban J connectivity index is 1.93. The molecule has 2 aromatic heterocycles. The number of nitrogens with zero attached hydrogens (tertiary/aromatic N) is 3. The van der Waals surface area contributed by atoms with Crippen molar-refractivity contribution in [2.75, 3.05) is 5.32 Å². The van der Waals surface area contributed by atoms with E-state index in [1.807, 2.05) is 20.8 Å². The summed E-state index contributed by atoms with van der Waals surface area (Å²) >= 11 is 0. The van der Waals surface area contributed by atoms with Crippen molar-refractivity contribution >= 4 is 11.6 Å². The molecule has 0 saturated carbocycles. The Labute approximate surface area is 157 Å².